The molecule has 0 spiro atoms. The second-order valence-corrected chi connectivity index (χ2v) is 7.83. The average Bonchev–Trinajstić information content (AvgIpc) is 3.43. The van der Waals surface area contributed by atoms with Gasteiger partial charge in [-0.25, -0.2) is 4.98 Å². The van der Waals surface area contributed by atoms with E-state index in [2.05, 4.69) is 44.8 Å². The smallest absolute Gasteiger partial charge is 0.191 e. The second kappa shape index (κ2) is 9.26. The number of fused-ring (bicyclic) bond motifs is 1. The number of aromatic nitrogens is 1. The lowest BCUT2D eigenvalue weighted by molar-refractivity contribution is 0.321. The molecule has 1 unspecified atom stereocenters. The van der Waals surface area contributed by atoms with Gasteiger partial charge >= 0.3 is 0 Å². The largest absolute Gasteiger partial charge is 0.363 e. The van der Waals surface area contributed by atoms with Crippen molar-refractivity contribution in [1.82, 2.24) is 20.5 Å². The molecule has 0 bridgehead atoms. The van der Waals surface area contributed by atoms with Gasteiger partial charge in [-0.2, -0.15) is 0 Å². The summed E-state index contributed by atoms with van der Waals surface area (Å²) in [4.78, 5) is 13.8. The van der Waals surface area contributed by atoms with Crippen molar-refractivity contribution in [2.45, 2.75) is 37.9 Å². The van der Waals surface area contributed by atoms with Crippen LogP contribution in [0.5, 0.6) is 0 Å². The van der Waals surface area contributed by atoms with Gasteiger partial charge in [0.25, 0.3) is 0 Å². The number of hydrogen-bond acceptors (Lipinski definition) is 4. The molecule has 1 aliphatic carbocycles. The van der Waals surface area contributed by atoms with Crippen LogP contribution in [-0.2, 0) is 6.54 Å². The Morgan fingerprint density at radius 2 is 2.04 bits per heavy atom. The zero-order chi connectivity index (χ0) is 18.8. The molecular formula is C21H31IN6. The highest BCUT2D eigenvalue weighted by Crippen LogP contribution is 2.29. The number of nitrogens with zero attached hydrogens (tertiary/aromatic N) is 4. The number of anilines is 1. The van der Waals surface area contributed by atoms with E-state index in [9.17, 15) is 0 Å². The minimum atomic E-state index is 0. The van der Waals surface area contributed by atoms with Crippen molar-refractivity contribution >= 4 is 46.7 Å². The minimum Gasteiger partial charge on any atom is -0.363 e. The van der Waals surface area contributed by atoms with Crippen LogP contribution in [0.3, 0.4) is 0 Å². The summed E-state index contributed by atoms with van der Waals surface area (Å²) in [6.07, 6.45) is 3.95. The molecule has 2 heterocycles. The molecule has 1 aromatic heterocycles. The van der Waals surface area contributed by atoms with Crippen molar-refractivity contribution in [1.29, 1.82) is 0 Å². The molecule has 2 N–H and O–H groups in total. The highest BCUT2D eigenvalue weighted by molar-refractivity contribution is 14.0. The summed E-state index contributed by atoms with van der Waals surface area (Å²) in [7, 11) is 5.90. The third-order valence-electron chi connectivity index (χ3n) is 5.54. The number of benzene rings is 1. The van der Waals surface area contributed by atoms with Gasteiger partial charge in [0.15, 0.2) is 5.96 Å². The summed E-state index contributed by atoms with van der Waals surface area (Å²) in [5.41, 5.74) is 2.26. The quantitative estimate of drug-likeness (QED) is 0.381. The third kappa shape index (κ3) is 4.86. The van der Waals surface area contributed by atoms with Gasteiger partial charge in [0.1, 0.15) is 5.82 Å². The SMILES string of the molecule is CN=C(NCc1cc(N(C)C)nc2ccccc12)NC1CCN(C2CC2)C1.I. The molecule has 4 rings (SSSR count). The van der Waals surface area contributed by atoms with Gasteiger partial charge in [-0.3, -0.25) is 9.89 Å². The Hall–Kier alpha value is -1.61. The molecule has 2 fully saturated rings. The third-order valence-corrected chi connectivity index (χ3v) is 5.54. The van der Waals surface area contributed by atoms with E-state index >= 15 is 0 Å². The van der Waals surface area contributed by atoms with Crippen molar-refractivity contribution in [3.8, 4) is 0 Å². The van der Waals surface area contributed by atoms with Gasteiger partial charge in [-0.1, -0.05) is 18.2 Å². The number of nitrogens with one attached hydrogen (secondary N) is 2. The first-order valence-corrected chi connectivity index (χ1v) is 9.91. The van der Waals surface area contributed by atoms with E-state index < -0.39 is 0 Å². The first kappa shape index (κ1) is 21.1. The zero-order valence-electron chi connectivity index (χ0n) is 17.0. The topological polar surface area (TPSA) is 55.8 Å². The van der Waals surface area contributed by atoms with Gasteiger partial charge in [0.05, 0.1) is 5.52 Å². The molecule has 0 radical (unpaired) electrons. The number of hydrogen-bond donors (Lipinski definition) is 2. The molecule has 28 heavy (non-hydrogen) atoms. The maximum atomic E-state index is 4.74. The van der Waals surface area contributed by atoms with Crippen LogP contribution in [0.1, 0.15) is 24.8 Å². The first-order chi connectivity index (χ1) is 13.1. The summed E-state index contributed by atoms with van der Waals surface area (Å²) in [6.45, 7) is 3.07. The normalized spacial score (nSPS) is 20.1. The van der Waals surface area contributed by atoms with Crippen molar-refractivity contribution in [3.63, 3.8) is 0 Å². The molecule has 7 heteroatoms. The van der Waals surface area contributed by atoms with E-state index in [0.29, 0.717) is 6.04 Å². The number of para-hydroxylation sites is 1. The van der Waals surface area contributed by atoms with Crippen LogP contribution < -0.4 is 15.5 Å². The number of halogens is 1. The standard InChI is InChI=1S/C21H30N6.HI/c1-22-21(24-16-10-11-27(14-16)17-8-9-17)23-13-15-12-20(26(2)3)25-19-7-5-4-6-18(15)19;/h4-7,12,16-17H,8-11,13-14H2,1-3H3,(H2,22,23,24);1H. The Bertz CT molecular complexity index is 833. The number of pyridine rings is 1. The lowest BCUT2D eigenvalue weighted by Crippen LogP contribution is -2.44. The highest BCUT2D eigenvalue weighted by Gasteiger charge is 2.34. The van der Waals surface area contributed by atoms with Crippen LogP contribution in [-0.4, -0.2) is 62.2 Å². The Kier molecular flexibility index (Phi) is 6.98. The second-order valence-electron chi connectivity index (χ2n) is 7.83. The molecule has 1 aliphatic heterocycles. The maximum absolute atomic E-state index is 4.74. The molecule has 1 saturated heterocycles. The fraction of sp³-hybridized carbons (Fsp3) is 0.524. The van der Waals surface area contributed by atoms with Gasteiger partial charge in [-0.15, -0.1) is 24.0 Å². The fourth-order valence-corrected chi connectivity index (χ4v) is 3.85. The van der Waals surface area contributed by atoms with E-state index in [4.69, 9.17) is 4.98 Å². The molecule has 2 aliphatic rings. The van der Waals surface area contributed by atoms with Crippen LogP contribution in [0.4, 0.5) is 5.82 Å². The molecule has 152 valence electrons. The number of aliphatic imine (C=N–C) groups is 1. The van der Waals surface area contributed by atoms with Gasteiger partial charge < -0.3 is 15.5 Å². The van der Waals surface area contributed by atoms with E-state index in [0.717, 1.165) is 36.4 Å². The van der Waals surface area contributed by atoms with E-state index in [1.54, 1.807) is 0 Å². The van der Waals surface area contributed by atoms with Gasteiger partial charge in [0, 0.05) is 58.2 Å². The predicted octanol–water partition coefficient (Wildman–Crippen LogP) is 2.82. The van der Waals surface area contributed by atoms with E-state index in [1.807, 2.05) is 32.1 Å². The van der Waals surface area contributed by atoms with Crippen LogP contribution in [0.25, 0.3) is 10.9 Å². The van der Waals surface area contributed by atoms with Crippen molar-refractivity contribution in [2.24, 2.45) is 4.99 Å². The molecule has 2 aromatic rings. The van der Waals surface area contributed by atoms with Crippen LogP contribution in [0.15, 0.2) is 35.3 Å². The van der Waals surface area contributed by atoms with Crippen molar-refractivity contribution in [3.05, 3.63) is 35.9 Å². The lowest BCUT2D eigenvalue weighted by atomic mass is 10.1. The Labute approximate surface area is 184 Å². The summed E-state index contributed by atoms with van der Waals surface area (Å²) < 4.78 is 0. The first-order valence-electron chi connectivity index (χ1n) is 9.91. The predicted molar refractivity (Wildman–Crippen MR) is 128 cm³/mol. The highest BCUT2D eigenvalue weighted by atomic mass is 127. The molecule has 6 nitrogen and oxygen atoms in total. The van der Waals surface area contributed by atoms with E-state index in [1.165, 1.54) is 36.8 Å². The summed E-state index contributed by atoms with van der Waals surface area (Å²) >= 11 is 0. The molecule has 0 amide bonds. The van der Waals surface area contributed by atoms with Gasteiger partial charge in [0.2, 0.25) is 0 Å². The van der Waals surface area contributed by atoms with Crippen LogP contribution in [0.2, 0.25) is 0 Å². The average molecular weight is 494 g/mol. The maximum Gasteiger partial charge on any atom is 0.191 e. The van der Waals surface area contributed by atoms with Gasteiger partial charge in [-0.05, 0) is 37.0 Å². The lowest BCUT2D eigenvalue weighted by Gasteiger charge is -2.20. The summed E-state index contributed by atoms with van der Waals surface area (Å²) in [5, 5.41) is 8.30. The number of rotatable bonds is 5. The van der Waals surface area contributed by atoms with Crippen molar-refractivity contribution in [2.75, 3.05) is 39.1 Å². The Morgan fingerprint density at radius 3 is 2.75 bits per heavy atom. The minimum absolute atomic E-state index is 0. The monoisotopic (exact) mass is 494 g/mol. The fourth-order valence-electron chi connectivity index (χ4n) is 3.85. The number of likely N-dealkylation sites (tertiary alicyclic amines) is 1. The molecule has 1 atom stereocenters. The van der Waals surface area contributed by atoms with Crippen LogP contribution >= 0.6 is 24.0 Å². The molecule has 1 aromatic carbocycles. The molecular weight excluding hydrogens is 463 g/mol. The zero-order valence-corrected chi connectivity index (χ0v) is 19.3. The summed E-state index contributed by atoms with van der Waals surface area (Å²) in [5.74, 6) is 1.86. The number of guanidine groups is 1. The Morgan fingerprint density at radius 1 is 1.25 bits per heavy atom. The van der Waals surface area contributed by atoms with Crippen molar-refractivity contribution < 1.29 is 0 Å². The van der Waals surface area contributed by atoms with E-state index in [-0.39, 0.29) is 24.0 Å². The Balaban J connectivity index is 0.00000225. The van der Waals surface area contributed by atoms with Crippen LogP contribution in [0, 0.1) is 0 Å². The summed E-state index contributed by atoms with van der Waals surface area (Å²) in [6, 6.07) is 11.8. The molecule has 1 saturated carbocycles.